The Balaban J connectivity index is 2.40. The third-order valence-corrected chi connectivity index (χ3v) is 2.58. The van der Waals surface area contributed by atoms with E-state index in [9.17, 15) is 14.4 Å². The molecule has 0 aliphatic heterocycles. The molecule has 94 valence electrons. The van der Waals surface area contributed by atoms with Crippen molar-refractivity contribution in [2.24, 2.45) is 0 Å². The number of hydrogen-bond donors (Lipinski definition) is 3. The third-order valence-electron chi connectivity index (χ3n) is 2.58. The average Bonchev–Trinajstić information content (AvgIpc) is 3.07. The second kappa shape index (κ2) is 5.47. The molecule has 0 heterocycles. The van der Waals surface area contributed by atoms with Gasteiger partial charge < -0.3 is 15.7 Å². The minimum Gasteiger partial charge on any atom is -0.478 e. The van der Waals surface area contributed by atoms with Gasteiger partial charge in [0.15, 0.2) is 0 Å². The van der Waals surface area contributed by atoms with Crippen molar-refractivity contribution in [2.45, 2.75) is 32.7 Å². The Bertz CT molecular complexity index is 383. The van der Waals surface area contributed by atoms with Crippen molar-refractivity contribution in [1.82, 2.24) is 10.6 Å². The van der Waals surface area contributed by atoms with E-state index in [1.807, 2.05) is 0 Å². The maximum absolute atomic E-state index is 11.5. The van der Waals surface area contributed by atoms with Crippen LogP contribution in [0.25, 0.3) is 0 Å². The minimum atomic E-state index is -1.14. The second-order valence-corrected chi connectivity index (χ2v) is 4.08. The van der Waals surface area contributed by atoms with Gasteiger partial charge in [-0.15, -0.1) is 0 Å². The van der Waals surface area contributed by atoms with Crippen LogP contribution in [0.5, 0.6) is 0 Å². The van der Waals surface area contributed by atoms with Crippen LogP contribution in [0.4, 0.5) is 0 Å². The first kappa shape index (κ1) is 13.2. The summed E-state index contributed by atoms with van der Waals surface area (Å²) in [6.45, 7) is 2.64. The van der Waals surface area contributed by atoms with E-state index in [1.165, 1.54) is 13.8 Å². The zero-order valence-electron chi connectivity index (χ0n) is 9.87. The molecule has 1 saturated carbocycles. The summed E-state index contributed by atoms with van der Waals surface area (Å²) in [6.07, 6.45) is 1.97. The first-order valence-corrected chi connectivity index (χ1v) is 5.40. The molecule has 0 spiro atoms. The molecule has 1 rings (SSSR count). The summed E-state index contributed by atoms with van der Waals surface area (Å²) in [7, 11) is 0. The summed E-state index contributed by atoms with van der Waals surface area (Å²) >= 11 is 0. The molecule has 2 amide bonds. The fraction of sp³-hybridized carbons (Fsp3) is 0.545. The maximum Gasteiger partial charge on any atom is 0.331 e. The Morgan fingerprint density at radius 1 is 1.18 bits per heavy atom. The molecule has 0 bridgehead atoms. The lowest BCUT2D eigenvalue weighted by Crippen LogP contribution is -2.38. The first-order valence-electron chi connectivity index (χ1n) is 5.40. The van der Waals surface area contributed by atoms with Gasteiger partial charge in [0.05, 0.1) is 6.54 Å². The summed E-state index contributed by atoms with van der Waals surface area (Å²) in [6, 6.07) is 0.247. The molecule has 6 heteroatoms. The molecule has 0 aromatic heterocycles. The van der Waals surface area contributed by atoms with Crippen molar-refractivity contribution in [3.63, 3.8) is 0 Å². The Kier molecular flexibility index (Phi) is 4.25. The van der Waals surface area contributed by atoms with Crippen molar-refractivity contribution < 1.29 is 19.5 Å². The second-order valence-electron chi connectivity index (χ2n) is 4.08. The van der Waals surface area contributed by atoms with Gasteiger partial charge in [-0.3, -0.25) is 9.59 Å². The average molecular weight is 240 g/mol. The fourth-order valence-electron chi connectivity index (χ4n) is 1.13. The number of hydrogen-bond acceptors (Lipinski definition) is 3. The molecular formula is C11H16N2O4. The van der Waals surface area contributed by atoms with Crippen molar-refractivity contribution in [3.05, 3.63) is 11.1 Å². The van der Waals surface area contributed by atoms with Gasteiger partial charge in [-0.2, -0.15) is 0 Å². The zero-order valence-corrected chi connectivity index (χ0v) is 9.87. The summed E-state index contributed by atoms with van der Waals surface area (Å²) in [4.78, 5) is 33.4. The van der Waals surface area contributed by atoms with Crippen molar-refractivity contribution in [2.75, 3.05) is 6.54 Å². The lowest BCUT2D eigenvalue weighted by molar-refractivity contribution is -0.133. The van der Waals surface area contributed by atoms with Gasteiger partial charge in [0.2, 0.25) is 11.8 Å². The van der Waals surface area contributed by atoms with Crippen LogP contribution in [-0.4, -0.2) is 35.5 Å². The van der Waals surface area contributed by atoms with Gasteiger partial charge in [0.1, 0.15) is 0 Å². The van der Waals surface area contributed by atoms with E-state index in [4.69, 9.17) is 5.11 Å². The van der Waals surface area contributed by atoms with Crippen LogP contribution in [0.15, 0.2) is 11.1 Å². The maximum atomic E-state index is 11.5. The van der Waals surface area contributed by atoms with E-state index in [1.54, 1.807) is 0 Å². The number of carboxylic acids is 1. The monoisotopic (exact) mass is 240 g/mol. The molecular weight excluding hydrogens is 224 g/mol. The van der Waals surface area contributed by atoms with E-state index in [-0.39, 0.29) is 29.6 Å². The number of carboxylic acid groups (broad SMARTS) is 1. The van der Waals surface area contributed by atoms with Crippen LogP contribution in [-0.2, 0) is 14.4 Å². The summed E-state index contributed by atoms with van der Waals surface area (Å²) in [5, 5.41) is 13.8. The van der Waals surface area contributed by atoms with Gasteiger partial charge >= 0.3 is 5.97 Å². The van der Waals surface area contributed by atoms with Crippen LogP contribution >= 0.6 is 0 Å². The fourth-order valence-corrected chi connectivity index (χ4v) is 1.13. The van der Waals surface area contributed by atoms with Crippen molar-refractivity contribution in [3.8, 4) is 0 Å². The van der Waals surface area contributed by atoms with Crippen LogP contribution in [0.3, 0.4) is 0 Å². The molecule has 3 N–H and O–H groups in total. The van der Waals surface area contributed by atoms with Gasteiger partial charge in [0.25, 0.3) is 0 Å². The third kappa shape index (κ3) is 4.26. The predicted molar refractivity (Wildman–Crippen MR) is 60.2 cm³/mol. The van der Waals surface area contributed by atoms with Crippen LogP contribution in [0.1, 0.15) is 26.7 Å². The number of amides is 2. The standard InChI is InChI=1S/C11H16N2O4/c1-6(7(2)11(16)17)10(15)12-5-9(14)13-8-3-4-8/h8H,3-5H2,1-2H3,(H,12,15)(H,13,14)(H,16,17). The van der Waals surface area contributed by atoms with Gasteiger partial charge in [-0.05, 0) is 26.7 Å². The molecule has 0 atom stereocenters. The SMILES string of the molecule is CC(C(=O)O)=C(C)C(=O)NCC(=O)NC1CC1. The highest BCUT2D eigenvalue weighted by molar-refractivity contribution is 6.02. The molecule has 0 unspecified atom stereocenters. The van der Waals surface area contributed by atoms with Crippen LogP contribution < -0.4 is 10.6 Å². The van der Waals surface area contributed by atoms with Gasteiger partial charge in [0, 0.05) is 17.2 Å². The highest BCUT2D eigenvalue weighted by Crippen LogP contribution is 2.18. The first-order chi connectivity index (χ1) is 7.91. The summed E-state index contributed by atoms with van der Waals surface area (Å²) in [5.74, 6) is -1.92. The van der Waals surface area contributed by atoms with Gasteiger partial charge in [-0.1, -0.05) is 0 Å². The predicted octanol–water partition coefficient (Wildman–Crippen LogP) is -0.198. The Labute approximate surface area is 99.1 Å². The van der Waals surface area contributed by atoms with Crippen molar-refractivity contribution >= 4 is 17.8 Å². The minimum absolute atomic E-state index is 0.0231. The normalized spacial score (nSPS) is 15.9. The smallest absolute Gasteiger partial charge is 0.331 e. The van der Waals surface area contributed by atoms with Crippen LogP contribution in [0, 0.1) is 0 Å². The number of rotatable bonds is 5. The van der Waals surface area contributed by atoms with Crippen molar-refractivity contribution in [1.29, 1.82) is 0 Å². The lowest BCUT2D eigenvalue weighted by Gasteiger charge is -2.07. The molecule has 0 saturated heterocycles. The van der Waals surface area contributed by atoms with E-state index < -0.39 is 11.9 Å². The van der Waals surface area contributed by atoms with E-state index >= 15 is 0 Å². The largest absolute Gasteiger partial charge is 0.478 e. The Hall–Kier alpha value is -1.85. The molecule has 0 aromatic carbocycles. The molecule has 17 heavy (non-hydrogen) atoms. The molecule has 1 aliphatic carbocycles. The Morgan fingerprint density at radius 3 is 2.24 bits per heavy atom. The van der Waals surface area contributed by atoms with E-state index in [0.29, 0.717) is 0 Å². The Morgan fingerprint density at radius 2 is 1.76 bits per heavy atom. The molecule has 6 nitrogen and oxygen atoms in total. The molecule has 0 radical (unpaired) electrons. The molecule has 0 aromatic rings. The number of carbonyl (C=O) groups is 3. The zero-order chi connectivity index (χ0) is 13.0. The number of nitrogens with one attached hydrogen (secondary N) is 2. The number of carbonyl (C=O) groups excluding carboxylic acids is 2. The van der Waals surface area contributed by atoms with Gasteiger partial charge in [-0.25, -0.2) is 4.79 Å². The van der Waals surface area contributed by atoms with E-state index in [2.05, 4.69) is 10.6 Å². The highest BCUT2D eigenvalue weighted by Gasteiger charge is 2.23. The quantitative estimate of drug-likeness (QED) is 0.580. The summed E-state index contributed by atoms with van der Waals surface area (Å²) in [5.41, 5.74) is 0.0850. The lowest BCUT2D eigenvalue weighted by atomic mass is 10.1. The van der Waals surface area contributed by atoms with Crippen LogP contribution in [0.2, 0.25) is 0 Å². The number of aliphatic carboxylic acids is 1. The highest BCUT2D eigenvalue weighted by atomic mass is 16.4. The van der Waals surface area contributed by atoms with E-state index in [0.717, 1.165) is 12.8 Å². The summed E-state index contributed by atoms with van der Waals surface area (Å²) < 4.78 is 0. The topological polar surface area (TPSA) is 95.5 Å². The molecule has 1 aliphatic rings. The molecule has 1 fully saturated rings.